The topological polar surface area (TPSA) is 61.4 Å². The lowest BCUT2D eigenvalue weighted by molar-refractivity contribution is 0.194. The zero-order valence-corrected chi connectivity index (χ0v) is 13.4. The minimum Gasteiger partial charge on any atom is -0.353 e. The van der Waals surface area contributed by atoms with Gasteiger partial charge in [0, 0.05) is 51.3 Å². The number of halogens is 1. The van der Waals surface area contributed by atoms with Gasteiger partial charge in [0.05, 0.1) is 5.02 Å². The first kappa shape index (κ1) is 15.6. The minimum absolute atomic E-state index is 0.0439. The average molecular weight is 332 g/mol. The Bertz CT molecular complexity index is 641. The maximum Gasteiger partial charge on any atom is 0.317 e. The van der Waals surface area contributed by atoms with E-state index in [0.29, 0.717) is 24.7 Å². The Hall–Kier alpha value is -2.34. The summed E-state index contributed by atoms with van der Waals surface area (Å²) in [5.74, 6) is 0.893. The van der Waals surface area contributed by atoms with Crippen LogP contribution in [0.1, 0.15) is 5.56 Å². The summed E-state index contributed by atoms with van der Waals surface area (Å²) in [7, 11) is 0. The summed E-state index contributed by atoms with van der Waals surface area (Å²) >= 11 is 5.85. The van der Waals surface area contributed by atoms with Crippen molar-refractivity contribution in [1.82, 2.24) is 20.2 Å². The van der Waals surface area contributed by atoms with Crippen LogP contribution in [-0.2, 0) is 6.54 Å². The normalized spacial score (nSPS) is 14.7. The molecule has 3 rings (SSSR count). The highest BCUT2D eigenvalue weighted by molar-refractivity contribution is 6.30. The van der Waals surface area contributed by atoms with Gasteiger partial charge >= 0.3 is 6.03 Å². The highest BCUT2D eigenvalue weighted by atomic mass is 35.5. The van der Waals surface area contributed by atoms with Crippen LogP contribution in [-0.4, -0.2) is 47.1 Å². The summed E-state index contributed by atoms with van der Waals surface area (Å²) in [6, 6.07) is 7.49. The predicted octanol–water partition coefficient (Wildman–Crippen LogP) is 2.16. The number of aromatic nitrogens is 2. The van der Waals surface area contributed by atoms with Gasteiger partial charge in [0.1, 0.15) is 5.82 Å². The highest BCUT2D eigenvalue weighted by Crippen LogP contribution is 2.16. The number of urea groups is 1. The van der Waals surface area contributed by atoms with E-state index in [1.807, 2.05) is 29.2 Å². The lowest BCUT2D eigenvalue weighted by Gasteiger charge is -2.35. The van der Waals surface area contributed by atoms with Crippen molar-refractivity contribution in [2.24, 2.45) is 0 Å². The van der Waals surface area contributed by atoms with Crippen LogP contribution >= 0.6 is 11.6 Å². The Labute approximate surface area is 140 Å². The second kappa shape index (κ2) is 7.28. The van der Waals surface area contributed by atoms with E-state index < -0.39 is 0 Å². The lowest BCUT2D eigenvalue weighted by atomic mass is 10.3. The predicted molar refractivity (Wildman–Crippen MR) is 89.5 cm³/mol. The van der Waals surface area contributed by atoms with Gasteiger partial charge in [-0.2, -0.15) is 0 Å². The maximum absolute atomic E-state index is 12.2. The van der Waals surface area contributed by atoms with Gasteiger partial charge in [0.25, 0.3) is 0 Å². The fourth-order valence-corrected chi connectivity index (χ4v) is 2.60. The zero-order chi connectivity index (χ0) is 16.1. The lowest BCUT2D eigenvalue weighted by Crippen LogP contribution is -2.51. The van der Waals surface area contributed by atoms with E-state index in [9.17, 15) is 4.79 Å². The molecule has 0 spiro atoms. The van der Waals surface area contributed by atoms with E-state index in [1.54, 1.807) is 18.6 Å². The molecule has 1 saturated heterocycles. The fraction of sp³-hybridized carbons (Fsp3) is 0.312. The second-order valence-electron chi connectivity index (χ2n) is 5.33. The van der Waals surface area contributed by atoms with Gasteiger partial charge < -0.3 is 15.1 Å². The van der Waals surface area contributed by atoms with Crippen molar-refractivity contribution in [1.29, 1.82) is 0 Å². The van der Waals surface area contributed by atoms with E-state index in [-0.39, 0.29) is 6.03 Å². The van der Waals surface area contributed by atoms with Crippen LogP contribution in [0, 0.1) is 0 Å². The third-order valence-electron chi connectivity index (χ3n) is 3.77. The summed E-state index contributed by atoms with van der Waals surface area (Å²) in [5.41, 5.74) is 0.991. The largest absolute Gasteiger partial charge is 0.353 e. The number of nitrogens with zero attached hydrogens (tertiary/aromatic N) is 4. The first-order valence-electron chi connectivity index (χ1n) is 7.50. The molecule has 2 aromatic heterocycles. The summed E-state index contributed by atoms with van der Waals surface area (Å²) in [5, 5.41) is 3.55. The van der Waals surface area contributed by atoms with Gasteiger partial charge in [-0.05, 0) is 23.8 Å². The van der Waals surface area contributed by atoms with Crippen LogP contribution in [0.15, 0.2) is 42.9 Å². The second-order valence-corrected chi connectivity index (χ2v) is 5.77. The molecule has 23 heavy (non-hydrogen) atoms. The number of hydrogen-bond acceptors (Lipinski definition) is 4. The number of hydrogen-bond donors (Lipinski definition) is 1. The first-order valence-corrected chi connectivity index (χ1v) is 7.88. The molecule has 7 heteroatoms. The van der Waals surface area contributed by atoms with Gasteiger partial charge in [-0.15, -0.1) is 0 Å². The molecule has 2 aromatic rings. The first-order chi connectivity index (χ1) is 11.2. The van der Waals surface area contributed by atoms with E-state index in [4.69, 9.17) is 11.6 Å². The smallest absolute Gasteiger partial charge is 0.317 e. The fourth-order valence-electron chi connectivity index (χ4n) is 2.49. The molecule has 2 amide bonds. The Balaban J connectivity index is 1.48. The SMILES string of the molecule is O=C(NCc1cccnc1)N1CCN(c2ccc(Cl)cn2)CC1. The summed E-state index contributed by atoms with van der Waals surface area (Å²) in [6.07, 6.45) is 5.11. The quantitative estimate of drug-likeness (QED) is 0.936. The molecule has 6 nitrogen and oxygen atoms in total. The molecule has 0 aromatic carbocycles. The number of anilines is 1. The number of pyridine rings is 2. The number of carbonyl (C=O) groups is 1. The van der Waals surface area contributed by atoms with Crippen molar-refractivity contribution in [2.45, 2.75) is 6.54 Å². The van der Waals surface area contributed by atoms with Gasteiger partial charge in [-0.25, -0.2) is 9.78 Å². The summed E-state index contributed by atoms with van der Waals surface area (Å²) < 4.78 is 0. The molecule has 0 saturated carbocycles. The Morgan fingerprint density at radius 3 is 2.65 bits per heavy atom. The van der Waals surface area contributed by atoms with E-state index in [2.05, 4.69) is 20.2 Å². The molecule has 3 heterocycles. The van der Waals surface area contributed by atoms with Crippen LogP contribution < -0.4 is 10.2 Å². The maximum atomic E-state index is 12.2. The molecule has 1 aliphatic rings. The van der Waals surface area contributed by atoms with E-state index in [0.717, 1.165) is 24.5 Å². The molecular formula is C16H18ClN5O. The zero-order valence-electron chi connectivity index (χ0n) is 12.7. The monoisotopic (exact) mass is 331 g/mol. The van der Waals surface area contributed by atoms with Crippen LogP contribution in [0.25, 0.3) is 0 Å². The summed E-state index contributed by atoms with van der Waals surface area (Å²) in [6.45, 7) is 3.35. The number of nitrogens with one attached hydrogen (secondary N) is 1. The van der Waals surface area contributed by atoms with Gasteiger partial charge in [-0.1, -0.05) is 17.7 Å². The molecule has 0 bridgehead atoms. The van der Waals surface area contributed by atoms with Crippen LogP contribution in [0.2, 0.25) is 5.02 Å². The molecule has 120 valence electrons. The molecular weight excluding hydrogens is 314 g/mol. The van der Waals surface area contributed by atoms with E-state index >= 15 is 0 Å². The molecule has 1 aliphatic heterocycles. The molecule has 1 N–H and O–H groups in total. The van der Waals surface area contributed by atoms with Crippen LogP contribution in [0.4, 0.5) is 10.6 Å². The third-order valence-corrected chi connectivity index (χ3v) is 3.99. The third kappa shape index (κ3) is 4.10. The van der Waals surface area contributed by atoms with Gasteiger partial charge in [-0.3, -0.25) is 4.98 Å². The van der Waals surface area contributed by atoms with Crippen molar-refractivity contribution >= 4 is 23.4 Å². The number of piperazine rings is 1. The van der Waals surface area contributed by atoms with Gasteiger partial charge in [0.2, 0.25) is 0 Å². The van der Waals surface area contributed by atoms with Crippen LogP contribution in [0.5, 0.6) is 0 Å². The minimum atomic E-state index is -0.0439. The molecule has 1 fully saturated rings. The Morgan fingerprint density at radius 1 is 1.17 bits per heavy atom. The number of carbonyl (C=O) groups excluding carboxylic acids is 1. The van der Waals surface area contributed by atoms with Crippen molar-refractivity contribution < 1.29 is 4.79 Å². The highest BCUT2D eigenvalue weighted by Gasteiger charge is 2.21. The van der Waals surface area contributed by atoms with Crippen molar-refractivity contribution in [3.63, 3.8) is 0 Å². The number of amides is 2. The molecule has 0 aliphatic carbocycles. The average Bonchev–Trinajstić information content (AvgIpc) is 2.61. The molecule has 0 radical (unpaired) electrons. The standard InChI is InChI=1S/C16H18ClN5O/c17-14-3-4-15(19-12-14)21-6-8-22(9-7-21)16(23)20-11-13-2-1-5-18-10-13/h1-5,10,12H,6-9,11H2,(H,20,23). The van der Waals surface area contributed by atoms with Crippen molar-refractivity contribution in [3.8, 4) is 0 Å². The number of rotatable bonds is 3. The van der Waals surface area contributed by atoms with Crippen molar-refractivity contribution in [2.75, 3.05) is 31.1 Å². The van der Waals surface area contributed by atoms with Crippen LogP contribution in [0.3, 0.4) is 0 Å². The molecule has 0 atom stereocenters. The Kier molecular flexibility index (Phi) is 4.92. The summed E-state index contributed by atoms with van der Waals surface area (Å²) in [4.78, 5) is 24.5. The Morgan fingerprint density at radius 2 is 2.00 bits per heavy atom. The van der Waals surface area contributed by atoms with E-state index in [1.165, 1.54) is 0 Å². The molecule has 0 unspecified atom stereocenters. The van der Waals surface area contributed by atoms with Crippen molar-refractivity contribution in [3.05, 3.63) is 53.4 Å². The van der Waals surface area contributed by atoms with Gasteiger partial charge in [0.15, 0.2) is 0 Å².